The number of likely N-dealkylation sites (N-methyl/N-ethyl adjacent to an activating group) is 1. The first-order valence-electron chi connectivity index (χ1n) is 8.24. The summed E-state index contributed by atoms with van der Waals surface area (Å²) in [5.74, 6) is 0. The summed E-state index contributed by atoms with van der Waals surface area (Å²) in [5, 5.41) is 3.75. The molecular weight excluding hydrogens is 246 g/mol. The van der Waals surface area contributed by atoms with Crippen LogP contribution in [0.15, 0.2) is 24.4 Å². The van der Waals surface area contributed by atoms with Crippen molar-refractivity contribution in [2.24, 2.45) is 0 Å². The van der Waals surface area contributed by atoms with Crippen LogP contribution in [0.4, 0.5) is 0 Å². The number of hydrogen-bond acceptors (Lipinski definition) is 3. The molecule has 1 saturated carbocycles. The van der Waals surface area contributed by atoms with Crippen molar-refractivity contribution in [3.63, 3.8) is 0 Å². The molecule has 1 aromatic rings. The summed E-state index contributed by atoms with van der Waals surface area (Å²) in [7, 11) is 0. The first kappa shape index (κ1) is 15.5. The summed E-state index contributed by atoms with van der Waals surface area (Å²) < 4.78 is 0. The van der Waals surface area contributed by atoms with E-state index in [1.54, 1.807) is 0 Å². The van der Waals surface area contributed by atoms with E-state index < -0.39 is 0 Å². The number of nitrogens with zero attached hydrogens (tertiary/aromatic N) is 2. The molecular formula is C17H29N3. The molecule has 1 heterocycles. The zero-order chi connectivity index (χ0) is 14.0. The lowest BCUT2D eigenvalue weighted by Gasteiger charge is -2.22. The molecule has 112 valence electrons. The number of nitrogens with one attached hydrogen (secondary N) is 1. The molecule has 0 atom stereocenters. The SMILES string of the molecule is CCN(CCNC1CCCCCC1)Cc1ccccn1. The lowest BCUT2D eigenvalue weighted by atomic mass is 10.1. The van der Waals surface area contributed by atoms with Gasteiger partial charge in [-0.15, -0.1) is 0 Å². The van der Waals surface area contributed by atoms with Crippen molar-refractivity contribution in [1.82, 2.24) is 15.2 Å². The zero-order valence-electron chi connectivity index (χ0n) is 12.9. The Morgan fingerprint density at radius 3 is 2.65 bits per heavy atom. The van der Waals surface area contributed by atoms with Gasteiger partial charge in [-0.2, -0.15) is 0 Å². The minimum Gasteiger partial charge on any atom is -0.313 e. The second-order valence-electron chi connectivity index (χ2n) is 5.83. The summed E-state index contributed by atoms with van der Waals surface area (Å²) >= 11 is 0. The third kappa shape index (κ3) is 5.59. The molecule has 1 aliphatic rings. The topological polar surface area (TPSA) is 28.2 Å². The van der Waals surface area contributed by atoms with Crippen LogP contribution in [-0.4, -0.2) is 35.6 Å². The molecule has 1 fully saturated rings. The third-order valence-corrected chi connectivity index (χ3v) is 4.28. The van der Waals surface area contributed by atoms with Gasteiger partial charge in [0.05, 0.1) is 5.69 Å². The maximum atomic E-state index is 4.41. The van der Waals surface area contributed by atoms with Crippen LogP contribution in [0.25, 0.3) is 0 Å². The molecule has 1 N–H and O–H groups in total. The van der Waals surface area contributed by atoms with Gasteiger partial charge >= 0.3 is 0 Å². The fourth-order valence-corrected chi connectivity index (χ4v) is 2.98. The molecule has 0 unspecified atom stereocenters. The van der Waals surface area contributed by atoms with E-state index in [-0.39, 0.29) is 0 Å². The van der Waals surface area contributed by atoms with E-state index in [9.17, 15) is 0 Å². The van der Waals surface area contributed by atoms with E-state index in [4.69, 9.17) is 0 Å². The van der Waals surface area contributed by atoms with Crippen LogP contribution in [0.5, 0.6) is 0 Å². The predicted molar refractivity (Wildman–Crippen MR) is 84.7 cm³/mol. The molecule has 2 rings (SSSR count). The van der Waals surface area contributed by atoms with Gasteiger partial charge in [-0.3, -0.25) is 9.88 Å². The van der Waals surface area contributed by atoms with Gasteiger partial charge in [-0.25, -0.2) is 0 Å². The highest BCUT2D eigenvalue weighted by Crippen LogP contribution is 2.16. The zero-order valence-corrected chi connectivity index (χ0v) is 12.9. The molecule has 0 spiro atoms. The van der Waals surface area contributed by atoms with Crippen molar-refractivity contribution in [2.45, 2.75) is 58.0 Å². The third-order valence-electron chi connectivity index (χ3n) is 4.28. The predicted octanol–water partition coefficient (Wildman–Crippen LogP) is 3.22. The number of aromatic nitrogens is 1. The molecule has 1 aliphatic carbocycles. The Bertz CT molecular complexity index is 345. The van der Waals surface area contributed by atoms with Crippen molar-refractivity contribution >= 4 is 0 Å². The lowest BCUT2D eigenvalue weighted by molar-refractivity contribution is 0.268. The Hall–Kier alpha value is -0.930. The average molecular weight is 275 g/mol. The quantitative estimate of drug-likeness (QED) is 0.775. The maximum absolute atomic E-state index is 4.41. The molecule has 1 aromatic heterocycles. The van der Waals surface area contributed by atoms with Crippen LogP contribution < -0.4 is 5.32 Å². The normalized spacial score (nSPS) is 17.3. The second-order valence-corrected chi connectivity index (χ2v) is 5.83. The van der Waals surface area contributed by atoms with Crippen LogP contribution in [0.3, 0.4) is 0 Å². The van der Waals surface area contributed by atoms with E-state index in [2.05, 4.69) is 34.3 Å². The summed E-state index contributed by atoms with van der Waals surface area (Å²) in [6.07, 6.45) is 10.3. The van der Waals surface area contributed by atoms with Gasteiger partial charge in [0.2, 0.25) is 0 Å². The first-order valence-corrected chi connectivity index (χ1v) is 8.24. The molecule has 0 bridgehead atoms. The molecule has 20 heavy (non-hydrogen) atoms. The highest BCUT2D eigenvalue weighted by atomic mass is 15.1. The van der Waals surface area contributed by atoms with Crippen LogP contribution in [0, 0.1) is 0 Å². The van der Waals surface area contributed by atoms with Crippen molar-refractivity contribution in [3.05, 3.63) is 30.1 Å². The van der Waals surface area contributed by atoms with Gasteiger partial charge in [0.15, 0.2) is 0 Å². The molecule has 0 aromatic carbocycles. The second kappa shape index (κ2) is 9.09. The fraction of sp³-hybridized carbons (Fsp3) is 0.706. The molecule has 0 radical (unpaired) electrons. The van der Waals surface area contributed by atoms with Gasteiger partial charge in [0.1, 0.15) is 0 Å². The van der Waals surface area contributed by atoms with E-state index in [1.807, 2.05) is 12.3 Å². The van der Waals surface area contributed by atoms with E-state index in [0.717, 1.165) is 32.2 Å². The van der Waals surface area contributed by atoms with Crippen LogP contribution in [-0.2, 0) is 6.54 Å². The van der Waals surface area contributed by atoms with E-state index >= 15 is 0 Å². The van der Waals surface area contributed by atoms with Gasteiger partial charge in [-0.1, -0.05) is 38.7 Å². The smallest absolute Gasteiger partial charge is 0.0543 e. The summed E-state index contributed by atoms with van der Waals surface area (Å²) in [6, 6.07) is 6.92. The van der Waals surface area contributed by atoms with Crippen LogP contribution in [0.2, 0.25) is 0 Å². The Balaban J connectivity index is 1.68. The minimum absolute atomic E-state index is 0.756. The fourth-order valence-electron chi connectivity index (χ4n) is 2.98. The van der Waals surface area contributed by atoms with Crippen molar-refractivity contribution in [2.75, 3.05) is 19.6 Å². The van der Waals surface area contributed by atoms with Gasteiger partial charge in [0.25, 0.3) is 0 Å². The van der Waals surface area contributed by atoms with Crippen molar-refractivity contribution < 1.29 is 0 Å². The molecule has 0 amide bonds. The minimum atomic E-state index is 0.756. The van der Waals surface area contributed by atoms with Gasteiger partial charge < -0.3 is 5.32 Å². The highest BCUT2D eigenvalue weighted by Gasteiger charge is 2.11. The Morgan fingerprint density at radius 1 is 1.20 bits per heavy atom. The first-order chi connectivity index (χ1) is 9.88. The number of rotatable bonds is 7. The molecule has 0 saturated heterocycles. The summed E-state index contributed by atoms with van der Waals surface area (Å²) in [5.41, 5.74) is 1.17. The van der Waals surface area contributed by atoms with Crippen LogP contribution >= 0.6 is 0 Å². The van der Waals surface area contributed by atoms with Gasteiger partial charge in [0, 0.05) is 31.9 Å². The van der Waals surface area contributed by atoms with E-state index in [0.29, 0.717) is 0 Å². The molecule has 3 heteroatoms. The van der Waals surface area contributed by atoms with Crippen molar-refractivity contribution in [1.29, 1.82) is 0 Å². The molecule has 0 aliphatic heterocycles. The lowest BCUT2D eigenvalue weighted by Crippen LogP contribution is -2.36. The average Bonchev–Trinajstić information content (AvgIpc) is 2.76. The maximum Gasteiger partial charge on any atom is 0.0543 e. The Morgan fingerprint density at radius 2 is 2.00 bits per heavy atom. The summed E-state index contributed by atoms with van der Waals surface area (Å²) in [6.45, 7) is 6.50. The van der Waals surface area contributed by atoms with Crippen LogP contribution in [0.1, 0.15) is 51.1 Å². The Labute approximate surface area is 123 Å². The van der Waals surface area contributed by atoms with E-state index in [1.165, 1.54) is 44.2 Å². The van der Waals surface area contributed by atoms with Crippen molar-refractivity contribution in [3.8, 4) is 0 Å². The standard InChI is InChI=1S/C17H29N3/c1-2-20(15-17-11-7-8-12-18-17)14-13-19-16-9-5-3-4-6-10-16/h7-8,11-12,16,19H,2-6,9-10,13-15H2,1H3. The highest BCUT2D eigenvalue weighted by molar-refractivity contribution is 5.03. The van der Waals surface area contributed by atoms with Gasteiger partial charge in [-0.05, 0) is 31.5 Å². The summed E-state index contributed by atoms with van der Waals surface area (Å²) in [4.78, 5) is 6.88. The number of pyridine rings is 1. The largest absolute Gasteiger partial charge is 0.313 e. The monoisotopic (exact) mass is 275 g/mol. The Kier molecular flexibility index (Phi) is 7.02. The number of hydrogen-bond donors (Lipinski definition) is 1. The molecule has 3 nitrogen and oxygen atoms in total.